The molecule has 0 bridgehead atoms. The van der Waals surface area contributed by atoms with Crippen LogP contribution in [-0.4, -0.2) is 54.5 Å². The van der Waals surface area contributed by atoms with Gasteiger partial charge in [-0.1, -0.05) is 6.92 Å². The first-order valence-corrected chi connectivity index (χ1v) is 7.44. The smallest absolute Gasteiger partial charge is 0.0923 e. The van der Waals surface area contributed by atoms with Crippen molar-refractivity contribution in [2.75, 3.05) is 32.8 Å². The molecule has 0 aromatic rings. The average Bonchev–Trinajstić information content (AvgIpc) is 3.21. The molecule has 1 heterocycles. The Labute approximate surface area is 110 Å². The van der Waals surface area contributed by atoms with E-state index in [1.165, 1.54) is 6.42 Å². The number of hydrogen-bond donors (Lipinski definition) is 2. The number of piperidine rings is 1. The predicted octanol–water partition coefficient (Wildman–Crippen LogP) is 0.977. The molecule has 2 rings (SSSR count). The van der Waals surface area contributed by atoms with Crippen LogP contribution in [0.1, 0.15) is 39.0 Å². The molecule has 1 saturated heterocycles. The summed E-state index contributed by atoms with van der Waals surface area (Å²) in [6, 6.07) is 0. The predicted molar refractivity (Wildman–Crippen MR) is 72.4 cm³/mol. The van der Waals surface area contributed by atoms with Crippen molar-refractivity contribution in [1.29, 1.82) is 0 Å². The molecule has 1 aliphatic heterocycles. The zero-order valence-corrected chi connectivity index (χ0v) is 11.6. The first kappa shape index (κ1) is 14.3. The zero-order chi connectivity index (χ0) is 13.0. The van der Waals surface area contributed by atoms with E-state index < -0.39 is 5.60 Å². The van der Waals surface area contributed by atoms with Crippen LogP contribution in [0.15, 0.2) is 0 Å². The van der Waals surface area contributed by atoms with Gasteiger partial charge in [0.25, 0.3) is 0 Å². The van der Waals surface area contributed by atoms with Crippen LogP contribution in [0.5, 0.6) is 0 Å². The maximum Gasteiger partial charge on any atom is 0.0923 e. The molecule has 2 fully saturated rings. The van der Waals surface area contributed by atoms with Gasteiger partial charge in [0, 0.05) is 26.2 Å². The lowest BCUT2D eigenvalue weighted by Crippen LogP contribution is -2.53. The molecule has 1 aliphatic carbocycles. The van der Waals surface area contributed by atoms with Crippen LogP contribution in [0.4, 0.5) is 0 Å². The monoisotopic (exact) mass is 256 g/mol. The minimum Gasteiger partial charge on any atom is -0.387 e. The molecule has 1 saturated carbocycles. The molecule has 18 heavy (non-hydrogen) atoms. The lowest BCUT2D eigenvalue weighted by Gasteiger charge is -2.38. The van der Waals surface area contributed by atoms with Gasteiger partial charge < -0.3 is 15.6 Å². The fourth-order valence-corrected chi connectivity index (χ4v) is 2.95. The molecule has 0 amide bonds. The van der Waals surface area contributed by atoms with E-state index in [1.807, 2.05) is 0 Å². The van der Waals surface area contributed by atoms with E-state index in [4.69, 9.17) is 10.5 Å². The molecule has 0 radical (unpaired) electrons. The Balaban J connectivity index is 1.81. The Morgan fingerprint density at radius 1 is 1.39 bits per heavy atom. The number of nitrogens with zero attached hydrogens (tertiary/aromatic N) is 1. The van der Waals surface area contributed by atoms with Gasteiger partial charge in [-0.15, -0.1) is 0 Å². The van der Waals surface area contributed by atoms with E-state index in [9.17, 15) is 5.11 Å². The van der Waals surface area contributed by atoms with E-state index in [1.54, 1.807) is 0 Å². The van der Waals surface area contributed by atoms with Gasteiger partial charge in [-0.2, -0.15) is 0 Å². The molecule has 4 nitrogen and oxygen atoms in total. The summed E-state index contributed by atoms with van der Waals surface area (Å²) < 4.78 is 5.83. The first-order chi connectivity index (χ1) is 8.68. The van der Waals surface area contributed by atoms with E-state index in [0.717, 1.165) is 51.9 Å². The number of hydrogen-bond acceptors (Lipinski definition) is 4. The number of rotatable bonds is 7. The van der Waals surface area contributed by atoms with E-state index in [-0.39, 0.29) is 0 Å². The summed E-state index contributed by atoms with van der Waals surface area (Å²) in [5.74, 6) is 0.430. The molecular weight excluding hydrogens is 228 g/mol. The molecule has 3 N–H and O–H groups in total. The lowest BCUT2D eigenvalue weighted by atomic mass is 9.95. The molecule has 4 heteroatoms. The zero-order valence-electron chi connectivity index (χ0n) is 11.6. The van der Waals surface area contributed by atoms with Crippen molar-refractivity contribution in [3.63, 3.8) is 0 Å². The van der Waals surface area contributed by atoms with Crippen LogP contribution in [0, 0.1) is 5.92 Å². The van der Waals surface area contributed by atoms with Gasteiger partial charge in [-0.3, -0.25) is 4.90 Å². The molecule has 2 unspecified atom stereocenters. The van der Waals surface area contributed by atoms with Crippen molar-refractivity contribution in [2.45, 2.75) is 50.7 Å². The Hall–Kier alpha value is -0.160. The van der Waals surface area contributed by atoms with Crippen LogP contribution in [0.3, 0.4) is 0 Å². The highest BCUT2D eigenvalue weighted by Gasteiger charge is 2.44. The van der Waals surface area contributed by atoms with Crippen molar-refractivity contribution in [1.82, 2.24) is 4.90 Å². The second-order valence-corrected chi connectivity index (χ2v) is 5.95. The van der Waals surface area contributed by atoms with Gasteiger partial charge in [-0.25, -0.2) is 0 Å². The second-order valence-electron chi connectivity index (χ2n) is 5.95. The third-order valence-corrected chi connectivity index (χ3v) is 4.21. The van der Waals surface area contributed by atoms with E-state index in [2.05, 4.69) is 11.8 Å². The summed E-state index contributed by atoms with van der Waals surface area (Å²) >= 11 is 0. The van der Waals surface area contributed by atoms with Gasteiger partial charge in [0.05, 0.1) is 11.7 Å². The van der Waals surface area contributed by atoms with Crippen molar-refractivity contribution >= 4 is 0 Å². The molecule has 0 spiro atoms. The number of β-amino-alcohol motifs (C(OH)–C–C–N with tert-alkyl or cyclic N) is 1. The first-order valence-electron chi connectivity index (χ1n) is 7.44. The minimum atomic E-state index is -0.660. The van der Waals surface area contributed by atoms with Gasteiger partial charge in [0.1, 0.15) is 0 Å². The molecule has 0 aromatic heterocycles. The largest absolute Gasteiger partial charge is 0.387 e. The number of likely N-dealkylation sites (tertiary alicyclic amines) is 1. The maximum absolute atomic E-state index is 10.6. The van der Waals surface area contributed by atoms with Crippen LogP contribution >= 0.6 is 0 Å². The Bertz CT molecular complexity index is 258. The van der Waals surface area contributed by atoms with Crippen LogP contribution < -0.4 is 5.73 Å². The van der Waals surface area contributed by atoms with Crippen LogP contribution in [0.2, 0.25) is 0 Å². The van der Waals surface area contributed by atoms with Crippen molar-refractivity contribution in [3.05, 3.63) is 0 Å². The Kier molecular flexibility index (Phi) is 5.01. The number of aliphatic hydroxyl groups is 1. The van der Waals surface area contributed by atoms with Crippen molar-refractivity contribution in [3.8, 4) is 0 Å². The van der Waals surface area contributed by atoms with Gasteiger partial charge in [0.2, 0.25) is 0 Å². The SMILES string of the molecule is CCCOC1CCCN(CC(O)(CN)C2CC2)C1. The second kappa shape index (κ2) is 6.33. The highest BCUT2D eigenvalue weighted by Crippen LogP contribution is 2.39. The summed E-state index contributed by atoms with van der Waals surface area (Å²) in [4.78, 5) is 2.34. The van der Waals surface area contributed by atoms with Gasteiger partial charge in [-0.05, 0) is 44.6 Å². The fourth-order valence-electron chi connectivity index (χ4n) is 2.95. The van der Waals surface area contributed by atoms with Gasteiger partial charge in [0.15, 0.2) is 0 Å². The van der Waals surface area contributed by atoms with E-state index in [0.29, 0.717) is 18.6 Å². The summed E-state index contributed by atoms with van der Waals surface area (Å²) in [5.41, 5.74) is 5.11. The van der Waals surface area contributed by atoms with E-state index >= 15 is 0 Å². The Morgan fingerprint density at radius 2 is 2.17 bits per heavy atom. The highest BCUT2D eigenvalue weighted by molar-refractivity contribution is 4.98. The minimum absolute atomic E-state index is 0.347. The Morgan fingerprint density at radius 3 is 2.78 bits per heavy atom. The fraction of sp³-hybridized carbons (Fsp3) is 1.00. The highest BCUT2D eigenvalue weighted by atomic mass is 16.5. The van der Waals surface area contributed by atoms with Crippen LogP contribution in [-0.2, 0) is 4.74 Å². The summed E-state index contributed by atoms with van der Waals surface area (Å²) in [6.07, 6.45) is 6.01. The lowest BCUT2D eigenvalue weighted by molar-refractivity contribution is -0.0465. The average molecular weight is 256 g/mol. The standard InChI is InChI=1S/C14H28N2O2/c1-2-8-18-13-4-3-7-16(9-13)11-14(17,10-15)12-5-6-12/h12-13,17H,2-11,15H2,1H3. The van der Waals surface area contributed by atoms with Gasteiger partial charge >= 0.3 is 0 Å². The third kappa shape index (κ3) is 3.67. The summed E-state index contributed by atoms with van der Waals surface area (Å²) in [7, 11) is 0. The normalized spacial score (nSPS) is 29.2. The third-order valence-electron chi connectivity index (χ3n) is 4.21. The number of nitrogens with two attached hydrogens (primary N) is 1. The molecule has 2 atom stereocenters. The molecule has 106 valence electrons. The summed E-state index contributed by atoms with van der Waals surface area (Å²) in [6.45, 7) is 6.12. The number of ether oxygens (including phenoxy) is 1. The topological polar surface area (TPSA) is 58.7 Å². The van der Waals surface area contributed by atoms with Crippen molar-refractivity contribution < 1.29 is 9.84 Å². The quantitative estimate of drug-likeness (QED) is 0.713. The molecular formula is C14H28N2O2. The van der Waals surface area contributed by atoms with Crippen LogP contribution in [0.25, 0.3) is 0 Å². The molecule has 2 aliphatic rings. The van der Waals surface area contributed by atoms with Crippen molar-refractivity contribution in [2.24, 2.45) is 11.7 Å². The summed E-state index contributed by atoms with van der Waals surface area (Å²) in [5, 5.41) is 10.6. The molecule has 0 aromatic carbocycles. The maximum atomic E-state index is 10.6.